The molecular formula is C13H19ClN2O2. The molecule has 0 aliphatic heterocycles. The molecule has 0 bridgehead atoms. The van der Waals surface area contributed by atoms with Gasteiger partial charge in [-0.15, -0.1) is 0 Å². The van der Waals surface area contributed by atoms with Crippen molar-refractivity contribution in [2.75, 3.05) is 18.4 Å². The fourth-order valence-corrected chi connectivity index (χ4v) is 1.75. The summed E-state index contributed by atoms with van der Waals surface area (Å²) in [5.41, 5.74) is -0.275. The molecule has 0 spiro atoms. The van der Waals surface area contributed by atoms with Crippen LogP contribution < -0.4 is 5.32 Å². The molecule has 0 unspecified atom stereocenters. The van der Waals surface area contributed by atoms with Crippen LogP contribution in [0.3, 0.4) is 0 Å². The zero-order valence-corrected chi connectivity index (χ0v) is 11.7. The molecule has 0 saturated heterocycles. The van der Waals surface area contributed by atoms with Gasteiger partial charge in [0.2, 0.25) is 0 Å². The number of halogens is 1. The third kappa shape index (κ3) is 4.94. The summed E-state index contributed by atoms with van der Waals surface area (Å²) in [4.78, 5) is 13.5. The van der Waals surface area contributed by atoms with Crippen LogP contribution in [0.1, 0.15) is 20.8 Å². The maximum Gasteiger partial charge on any atom is 0.321 e. The van der Waals surface area contributed by atoms with Crippen LogP contribution in [-0.4, -0.2) is 34.7 Å². The van der Waals surface area contributed by atoms with Crippen LogP contribution in [-0.2, 0) is 0 Å². The highest BCUT2D eigenvalue weighted by atomic mass is 35.5. The molecule has 0 heterocycles. The summed E-state index contributed by atoms with van der Waals surface area (Å²) in [5, 5.41) is 13.1. The quantitative estimate of drug-likeness (QED) is 0.884. The van der Waals surface area contributed by atoms with Crippen molar-refractivity contribution < 1.29 is 9.90 Å². The summed E-state index contributed by atoms with van der Waals surface area (Å²) in [6.45, 7) is 6.00. The molecule has 0 aromatic heterocycles. The molecule has 0 saturated carbocycles. The van der Waals surface area contributed by atoms with Crippen LogP contribution in [0, 0.1) is 0 Å². The molecule has 2 amide bonds. The Labute approximate surface area is 113 Å². The second kappa shape index (κ2) is 6.07. The van der Waals surface area contributed by atoms with E-state index in [1.165, 1.54) is 0 Å². The predicted octanol–water partition coefficient (Wildman–Crippen LogP) is 2.96. The van der Waals surface area contributed by atoms with E-state index in [0.717, 1.165) is 0 Å². The number of amides is 2. The minimum Gasteiger partial charge on any atom is -0.389 e. The molecule has 0 aliphatic rings. The molecule has 2 N–H and O–H groups in total. The van der Waals surface area contributed by atoms with Gasteiger partial charge < -0.3 is 15.3 Å². The van der Waals surface area contributed by atoms with Crippen LogP contribution in [0.15, 0.2) is 24.3 Å². The molecular weight excluding hydrogens is 252 g/mol. The Balaban J connectivity index is 2.68. The SMILES string of the molecule is CCN(CC(C)(C)O)C(=O)Nc1cccc(Cl)c1. The summed E-state index contributed by atoms with van der Waals surface area (Å²) in [5.74, 6) is 0. The van der Waals surface area contributed by atoms with Gasteiger partial charge in [-0.05, 0) is 39.0 Å². The van der Waals surface area contributed by atoms with Crippen molar-refractivity contribution >= 4 is 23.3 Å². The number of carbonyl (C=O) groups is 1. The smallest absolute Gasteiger partial charge is 0.321 e. The lowest BCUT2D eigenvalue weighted by Crippen LogP contribution is -2.44. The fourth-order valence-electron chi connectivity index (χ4n) is 1.56. The molecule has 0 aliphatic carbocycles. The van der Waals surface area contributed by atoms with E-state index in [-0.39, 0.29) is 12.6 Å². The number of likely N-dealkylation sites (N-methyl/N-ethyl adjacent to an activating group) is 1. The van der Waals surface area contributed by atoms with Crippen LogP contribution in [0.5, 0.6) is 0 Å². The van der Waals surface area contributed by atoms with Gasteiger partial charge in [0.05, 0.1) is 12.1 Å². The normalized spacial score (nSPS) is 11.2. The molecule has 1 rings (SSSR count). The first-order chi connectivity index (χ1) is 8.31. The first-order valence-corrected chi connectivity index (χ1v) is 6.23. The number of rotatable bonds is 4. The standard InChI is InChI=1S/C13H19ClN2O2/c1-4-16(9-13(2,3)18)12(17)15-11-7-5-6-10(14)8-11/h5-8,18H,4,9H2,1-3H3,(H,15,17). The van der Waals surface area contributed by atoms with Crippen molar-refractivity contribution in [3.63, 3.8) is 0 Å². The van der Waals surface area contributed by atoms with Crippen molar-refractivity contribution in [3.05, 3.63) is 29.3 Å². The van der Waals surface area contributed by atoms with Gasteiger partial charge in [0.1, 0.15) is 0 Å². The van der Waals surface area contributed by atoms with E-state index in [0.29, 0.717) is 17.3 Å². The van der Waals surface area contributed by atoms with Crippen molar-refractivity contribution in [2.24, 2.45) is 0 Å². The number of anilines is 1. The number of aliphatic hydroxyl groups is 1. The van der Waals surface area contributed by atoms with Crippen LogP contribution in [0.25, 0.3) is 0 Å². The Morgan fingerprint density at radius 3 is 2.67 bits per heavy atom. The second-order valence-corrected chi connectivity index (χ2v) is 5.20. The van der Waals surface area contributed by atoms with E-state index >= 15 is 0 Å². The third-order valence-corrected chi connectivity index (χ3v) is 2.56. The number of hydrogen-bond donors (Lipinski definition) is 2. The predicted molar refractivity (Wildman–Crippen MR) is 74.0 cm³/mol. The number of nitrogens with zero attached hydrogens (tertiary/aromatic N) is 1. The highest BCUT2D eigenvalue weighted by molar-refractivity contribution is 6.30. The lowest BCUT2D eigenvalue weighted by Gasteiger charge is -2.28. The van der Waals surface area contributed by atoms with Crippen LogP contribution in [0.2, 0.25) is 5.02 Å². The lowest BCUT2D eigenvalue weighted by molar-refractivity contribution is 0.0501. The number of urea groups is 1. The molecule has 4 nitrogen and oxygen atoms in total. The van der Waals surface area contributed by atoms with Gasteiger partial charge >= 0.3 is 6.03 Å². The summed E-state index contributed by atoms with van der Waals surface area (Å²) in [7, 11) is 0. The van der Waals surface area contributed by atoms with Gasteiger partial charge in [-0.2, -0.15) is 0 Å². The molecule has 5 heteroatoms. The van der Waals surface area contributed by atoms with E-state index in [4.69, 9.17) is 11.6 Å². The second-order valence-electron chi connectivity index (χ2n) is 4.77. The lowest BCUT2D eigenvalue weighted by atomic mass is 10.1. The molecule has 0 atom stereocenters. The highest BCUT2D eigenvalue weighted by Crippen LogP contribution is 2.15. The maximum atomic E-state index is 12.0. The van der Waals surface area contributed by atoms with Gasteiger partial charge in [0.15, 0.2) is 0 Å². The Kier molecular flexibility index (Phi) is 4.99. The number of hydrogen-bond acceptors (Lipinski definition) is 2. The zero-order valence-electron chi connectivity index (χ0n) is 10.9. The summed E-state index contributed by atoms with van der Waals surface area (Å²) < 4.78 is 0. The summed E-state index contributed by atoms with van der Waals surface area (Å²) >= 11 is 5.84. The molecule has 0 fully saturated rings. The molecule has 18 heavy (non-hydrogen) atoms. The summed E-state index contributed by atoms with van der Waals surface area (Å²) in [6, 6.07) is 6.71. The number of carbonyl (C=O) groups excluding carboxylic acids is 1. The molecule has 1 aromatic rings. The van der Waals surface area contributed by atoms with Crippen molar-refractivity contribution in [1.82, 2.24) is 4.90 Å². The van der Waals surface area contributed by atoms with Crippen molar-refractivity contribution in [1.29, 1.82) is 0 Å². The van der Waals surface area contributed by atoms with Gasteiger partial charge in [-0.3, -0.25) is 0 Å². The van der Waals surface area contributed by atoms with E-state index < -0.39 is 5.60 Å². The molecule has 100 valence electrons. The minimum absolute atomic E-state index is 0.248. The van der Waals surface area contributed by atoms with Gasteiger partial charge in [0, 0.05) is 17.3 Å². The monoisotopic (exact) mass is 270 g/mol. The van der Waals surface area contributed by atoms with Gasteiger partial charge in [-0.25, -0.2) is 4.79 Å². The van der Waals surface area contributed by atoms with Gasteiger partial charge in [0.25, 0.3) is 0 Å². The van der Waals surface area contributed by atoms with E-state index in [2.05, 4.69) is 5.32 Å². The maximum absolute atomic E-state index is 12.0. The fraction of sp³-hybridized carbons (Fsp3) is 0.462. The number of nitrogens with one attached hydrogen (secondary N) is 1. The van der Waals surface area contributed by atoms with E-state index in [1.807, 2.05) is 6.92 Å². The van der Waals surface area contributed by atoms with Crippen LogP contribution >= 0.6 is 11.6 Å². The minimum atomic E-state index is -0.915. The number of benzene rings is 1. The van der Waals surface area contributed by atoms with Gasteiger partial charge in [-0.1, -0.05) is 17.7 Å². The topological polar surface area (TPSA) is 52.6 Å². The third-order valence-electron chi connectivity index (χ3n) is 2.32. The average Bonchev–Trinajstić information content (AvgIpc) is 2.24. The summed E-state index contributed by atoms with van der Waals surface area (Å²) in [6.07, 6.45) is 0. The average molecular weight is 271 g/mol. The van der Waals surface area contributed by atoms with E-state index in [9.17, 15) is 9.90 Å². The first kappa shape index (κ1) is 14.8. The first-order valence-electron chi connectivity index (χ1n) is 5.85. The Bertz CT molecular complexity index is 416. The molecule has 1 aromatic carbocycles. The van der Waals surface area contributed by atoms with Crippen LogP contribution in [0.4, 0.5) is 10.5 Å². The van der Waals surface area contributed by atoms with Crippen molar-refractivity contribution in [2.45, 2.75) is 26.4 Å². The highest BCUT2D eigenvalue weighted by Gasteiger charge is 2.21. The van der Waals surface area contributed by atoms with E-state index in [1.54, 1.807) is 43.0 Å². The Morgan fingerprint density at radius 1 is 1.50 bits per heavy atom. The molecule has 0 radical (unpaired) electrons. The Hall–Kier alpha value is -1.26. The largest absolute Gasteiger partial charge is 0.389 e. The Morgan fingerprint density at radius 2 is 2.17 bits per heavy atom. The van der Waals surface area contributed by atoms with Crippen molar-refractivity contribution in [3.8, 4) is 0 Å². The zero-order chi connectivity index (χ0) is 13.8.